The molecular formula is C20H13F2N5O. The van der Waals surface area contributed by atoms with E-state index in [4.69, 9.17) is 0 Å². The third kappa shape index (κ3) is 3.61. The number of carbonyl (C=O) groups excluding carboxylic acids is 1. The smallest absolute Gasteiger partial charge is 0.258 e. The Bertz CT molecular complexity index is 1160. The van der Waals surface area contributed by atoms with Crippen LogP contribution in [0.25, 0.3) is 10.9 Å². The van der Waals surface area contributed by atoms with Crippen LogP contribution in [-0.4, -0.2) is 20.9 Å². The van der Waals surface area contributed by atoms with Crippen molar-refractivity contribution in [1.29, 1.82) is 0 Å². The summed E-state index contributed by atoms with van der Waals surface area (Å²) in [5, 5.41) is 6.32. The van der Waals surface area contributed by atoms with Gasteiger partial charge in [0.2, 0.25) is 5.95 Å². The lowest BCUT2D eigenvalue weighted by Gasteiger charge is -2.09. The molecular weight excluding hydrogens is 364 g/mol. The van der Waals surface area contributed by atoms with Gasteiger partial charge in [-0.3, -0.25) is 9.78 Å². The van der Waals surface area contributed by atoms with Gasteiger partial charge in [0.15, 0.2) is 0 Å². The number of hydrogen-bond acceptors (Lipinski definition) is 5. The molecule has 2 heterocycles. The molecule has 0 aliphatic carbocycles. The molecule has 2 aromatic heterocycles. The Morgan fingerprint density at radius 3 is 2.46 bits per heavy atom. The van der Waals surface area contributed by atoms with E-state index in [0.717, 1.165) is 17.5 Å². The van der Waals surface area contributed by atoms with Crippen LogP contribution in [0, 0.1) is 11.6 Å². The van der Waals surface area contributed by atoms with E-state index < -0.39 is 17.5 Å². The molecule has 0 unspecified atom stereocenters. The van der Waals surface area contributed by atoms with Gasteiger partial charge in [-0.05, 0) is 24.3 Å². The lowest BCUT2D eigenvalue weighted by Crippen LogP contribution is -2.13. The number of fused-ring (bicyclic) bond motifs is 1. The summed E-state index contributed by atoms with van der Waals surface area (Å²) in [6.07, 6.45) is 4.27. The van der Waals surface area contributed by atoms with Gasteiger partial charge in [0.1, 0.15) is 11.6 Å². The fraction of sp³-hybridized carbons (Fsp3) is 0. The molecule has 0 bridgehead atoms. The first-order valence-corrected chi connectivity index (χ1v) is 8.29. The topological polar surface area (TPSA) is 79.8 Å². The highest BCUT2D eigenvalue weighted by molar-refractivity contribution is 6.08. The molecule has 4 rings (SSSR count). The van der Waals surface area contributed by atoms with Crippen LogP contribution in [0.15, 0.2) is 67.1 Å². The maximum Gasteiger partial charge on any atom is 0.258 e. The van der Waals surface area contributed by atoms with Gasteiger partial charge < -0.3 is 10.6 Å². The Kier molecular flexibility index (Phi) is 4.59. The molecule has 4 aromatic rings. The summed E-state index contributed by atoms with van der Waals surface area (Å²) < 4.78 is 26.6. The van der Waals surface area contributed by atoms with E-state index in [9.17, 15) is 13.6 Å². The number of rotatable bonds is 4. The normalized spacial score (nSPS) is 10.6. The zero-order valence-electron chi connectivity index (χ0n) is 14.4. The summed E-state index contributed by atoms with van der Waals surface area (Å²) in [6, 6.07) is 12.3. The molecule has 0 fully saturated rings. The molecule has 8 heteroatoms. The number of carbonyl (C=O) groups is 1. The lowest BCUT2D eigenvalue weighted by atomic mass is 10.2. The molecule has 28 heavy (non-hydrogen) atoms. The molecule has 0 saturated heterocycles. The summed E-state index contributed by atoms with van der Waals surface area (Å²) in [5.74, 6) is -1.78. The van der Waals surface area contributed by atoms with Crippen LogP contribution >= 0.6 is 0 Å². The van der Waals surface area contributed by atoms with E-state index in [0.29, 0.717) is 11.2 Å². The molecule has 0 radical (unpaired) electrons. The molecule has 2 N–H and O–H groups in total. The first-order chi connectivity index (χ1) is 13.6. The summed E-state index contributed by atoms with van der Waals surface area (Å²) in [4.78, 5) is 24.8. The second-order valence-electron chi connectivity index (χ2n) is 5.88. The number of nitrogens with zero attached hydrogens (tertiary/aromatic N) is 3. The number of amides is 1. The van der Waals surface area contributed by atoms with E-state index in [-0.39, 0.29) is 17.2 Å². The highest BCUT2D eigenvalue weighted by atomic mass is 19.1. The van der Waals surface area contributed by atoms with Crippen molar-refractivity contribution in [2.75, 3.05) is 10.6 Å². The van der Waals surface area contributed by atoms with Crippen LogP contribution < -0.4 is 10.6 Å². The number of anilines is 3. The van der Waals surface area contributed by atoms with E-state index in [1.54, 1.807) is 12.3 Å². The Morgan fingerprint density at radius 1 is 0.893 bits per heavy atom. The fourth-order valence-corrected chi connectivity index (χ4v) is 2.62. The van der Waals surface area contributed by atoms with Crippen LogP contribution in [0.5, 0.6) is 0 Å². The van der Waals surface area contributed by atoms with E-state index in [1.807, 2.05) is 24.3 Å². The zero-order valence-corrected chi connectivity index (χ0v) is 14.4. The lowest BCUT2D eigenvalue weighted by molar-refractivity contribution is 0.102. The largest absolute Gasteiger partial charge is 0.322 e. The van der Waals surface area contributed by atoms with Crippen molar-refractivity contribution >= 4 is 34.1 Å². The molecule has 138 valence electrons. The fourth-order valence-electron chi connectivity index (χ4n) is 2.62. The van der Waals surface area contributed by atoms with Crippen LogP contribution in [0.2, 0.25) is 0 Å². The third-order valence-electron chi connectivity index (χ3n) is 3.97. The first-order valence-electron chi connectivity index (χ1n) is 8.29. The van der Waals surface area contributed by atoms with Gasteiger partial charge >= 0.3 is 0 Å². The number of nitrogens with one attached hydrogen (secondary N) is 2. The molecule has 1 amide bonds. The number of para-hydroxylation sites is 1. The summed E-state index contributed by atoms with van der Waals surface area (Å²) >= 11 is 0. The maximum absolute atomic E-state index is 13.7. The standard InChI is InChI=1S/C20H13F2N5O/c21-14-6-7-16(15(22)9-14)27-20-24-10-13(11-25-20)19(28)26-17-5-1-3-12-4-2-8-23-18(12)17/h1-11H,(H,26,28)(H,24,25,27). The number of hydrogen-bond donors (Lipinski definition) is 2. The highest BCUT2D eigenvalue weighted by Crippen LogP contribution is 2.22. The van der Waals surface area contributed by atoms with Gasteiger partial charge in [0.25, 0.3) is 5.91 Å². The van der Waals surface area contributed by atoms with Crippen molar-refractivity contribution in [2.24, 2.45) is 0 Å². The summed E-state index contributed by atoms with van der Waals surface area (Å²) in [6.45, 7) is 0. The van der Waals surface area contributed by atoms with Crippen molar-refractivity contribution in [3.05, 3.63) is 84.3 Å². The number of pyridine rings is 1. The van der Waals surface area contributed by atoms with E-state index in [1.165, 1.54) is 18.5 Å². The highest BCUT2D eigenvalue weighted by Gasteiger charge is 2.11. The van der Waals surface area contributed by atoms with Crippen molar-refractivity contribution < 1.29 is 13.6 Å². The van der Waals surface area contributed by atoms with Crippen LogP contribution in [-0.2, 0) is 0 Å². The zero-order chi connectivity index (χ0) is 19.5. The third-order valence-corrected chi connectivity index (χ3v) is 3.97. The monoisotopic (exact) mass is 377 g/mol. The number of halogens is 2. The average molecular weight is 377 g/mol. The SMILES string of the molecule is O=C(Nc1cccc2cccnc12)c1cnc(Nc2ccc(F)cc2F)nc1. The average Bonchev–Trinajstić information content (AvgIpc) is 2.71. The van der Waals surface area contributed by atoms with Gasteiger partial charge in [0, 0.05) is 30.0 Å². The minimum atomic E-state index is -0.770. The van der Waals surface area contributed by atoms with Gasteiger partial charge in [-0.15, -0.1) is 0 Å². The summed E-state index contributed by atoms with van der Waals surface area (Å²) in [7, 11) is 0. The Labute approximate surface area is 158 Å². The van der Waals surface area contributed by atoms with Crippen molar-refractivity contribution in [1.82, 2.24) is 15.0 Å². The van der Waals surface area contributed by atoms with Crippen molar-refractivity contribution in [2.45, 2.75) is 0 Å². The van der Waals surface area contributed by atoms with E-state index >= 15 is 0 Å². The number of aromatic nitrogens is 3. The van der Waals surface area contributed by atoms with E-state index in [2.05, 4.69) is 25.6 Å². The van der Waals surface area contributed by atoms with Crippen molar-refractivity contribution in [3.8, 4) is 0 Å². The predicted molar refractivity (Wildman–Crippen MR) is 101 cm³/mol. The molecule has 6 nitrogen and oxygen atoms in total. The Balaban J connectivity index is 1.51. The molecule has 0 aliphatic rings. The Hall–Kier alpha value is -3.94. The quantitative estimate of drug-likeness (QED) is 0.554. The maximum atomic E-state index is 13.7. The van der Waals surface area contributed by atoms with Crippen LogP contribution in [0.3, 0.4) is 0 Å². The predicted octanol–water partition coefficient (Wildman–Crippen LogP) is 4.30. The Morgan fingerprint density at radius 2 is 1.68 bits per heavy atom. The first kappa shape index (κ1) is 17.5. The minimum Gasteiger partial charge on any atom is -0.322 e. The van der Waals surface area contributed by atoms with Crippen LogP contribution in [0.1, 0.15) is 10.4 Å². The molecule has 0 saturated carbocycles. The second-order valence-corrected chi connectivity index (χ2v) is 5.88. The second kappa shape index (κ2) is 7.36. The van der Waals surface area contributed by atoms with Gasteiger partial charge in [0.05, 0.1) is 22.5 Å². The minimum absolute atomic E-state index is 0.0282. The molecule has 2 aromatic carbocycles. The summed E-state index contributed by atoms with van der Waals surface area (Å²) in [5.41, 5.74) is 1.49. The van der Waals surface area contributed by atoms with Gasteiger partial charge in [-0.25, -0.2) is 18.7 Å². The molecule has 0 atom stereocenters. The van der Waals surface area contributed by atoms with Gasteiger partial charge in [-0.2, -0.15) is 0 Å². The van der Waals surface area contributed by atoms with Crippen molar-refractivity contribution in [3.63, 3.8) is 0 Å². The number of benzene rings is 2. The van der Waals surface area contributed by atoms with Crippen LogP contribution in [0.4, 0.5) is 26.1 Å². The van der Waals surface area contributed by atoms with Gasteiger partial charge in [-0.1, -0.05) is 18.2 Å². The molecule has 0 spiro atoms. The molecule has 0 aliphatic heterocycles.